The van der Waals surface area contributed by atoms with E-state index in [2.05, 4.69) is 10.6 Å². The maximum atomic E-state index is 15.2. The fourth-order valence-corrected chi connectivity index (χ4v) is 5.53. The minimum atomic E-state index is -0.605. The van der Waals surface area contributed by atoms with Crippen LogP contribution in [0.4, 0.5) is 4.39 Å². The lowest BCUT2D eigenvalue weighted by atomic mass is 9.96. The maximum absolute atomic E-state index is 15.2. The molecule has 214 valence electrons. The van der Waals surface area contributed by atoms with Gasteiger partial charge in [-0.25, -0.2) is 4.39 Å². The van der Waals surface area contributed by atoms with Crippen molar-refractivity contribution in [1.29, 1.82) is 0 Å². The van der Waals surface area contributed by atoms with Gasteiger partial charge in [-0.05, 0) is 79.4 Å². The first-order valence-corrected chi connectivity index (χ1v) is 14.4. The van der Waals surface area contributed by atoms with Crippen LogP contribution in [0, 0.1) is 11.7 Å². The number of rotatable bonds is 8. The summed E-state index contributed by atoms with van der Waals surface area (Å²) in [6.45, 7) is 7.05. The monoisotopic (exact) mass is 557 g/mol. The zero-order chi connectivity index (χ0) is 28.9. The highest BCUT2D eigenvalue weighted by atomic mass is 19.1. The summed E-state index contributed by atoms with van der Waals surface area (Å²) in [7, 11) is 0. The van der Waals surface area contributed by atoms with Crippen molar-refractivity contribution in [3.8, 4) is 16.9 Å². The lowest BCUT2D eigenvalue weighted by Gasteiger charge is -2.22. The van der Waals surface area contributed by atoms with Gasteiger partial charge in [0.15, 0.2) is 5.78 Å². The molecule has 1 unspecified atom stereocenters. The third-order valence-corrected chi connectivity index (χ3v) is 7.97. The molecule has 7 nitrogen and oxygen atoms in total. The Morgan fingerprint density at radius 1 is 1.02 bits per heavy atom. The molecule has 0 spiro atoms. The van der Waals surface area contributed by atoms with Gasteiger partial charge in [0.25, 0.3) is 11.8 Å². The second-order valence-corrected chi connectivity index (χ2v) is 10.6. The second kappa shape index (κ2) is 12.6. The average Bonchev–Trinajstić information content (AvgIpc) is 3.43. The average molecular weight is 558 g/mol. The number of carbonyl (C=O) groups is 3. The van der Waals surface area contributed by atoms with Crippen LogP contribution < -0.4 is 15.4 Å². The van der Waals surface area contributed by atoms with E-state index < -0.39 is 5.82 Å². The van der Waals surface area contributed by atoms with Crippen molar-refractivity contribution < 1.29 is 23.5 Å². The molecule has 1 fully saturated rings. The molecule has 0 saturated carbocycles. The lowest BCUT2D eigenvalue weighted by Crippen LogP contribution is -2.33. The molecule has 0 aliphatic carbocycles. The minimum Gasteiger partial charge on any atom is -0.491 e. The third kappa shape index (κ3) is 6.17. The van der Waals surface area contributed by atoms with Gasteiger partial charge >= 0.3 is 0 Å². The minimum absolute atomic E-state index is 0.0321. The van der Waals surface area contributed by atoms with E-state index in [1.54, 1.807) is 24.8 Å². The van der Waals surface area contributed by atoms with Gasteiger partial charge in [-0.1, -0.05) is 32.0 Å². The van der Waals surface area contributed by atoms with Crippen LogP contribution in [0.3, 0.4) is 0 Å². The SMILES string of the molecule is CCC(=O)c1ccc(C(=O)N2CCOc3ccc(-c4ccc(C(=O)NCC5CCNC5)cc4)cc3C2)c(CC)c1F. The number of amides is 2. The van der Waals surface area contributed by atoms with Crippen LogP contribution in [0.1, 0.15) is 68.9 Å². The largest absolute Gasteiger partial charge is 0.491 e. The molecule has 5 rings (SSSR count). The molecule has 1 atom stereocenters. The highest BCUT2D eigenvalue weighted by Gasteiger charge is 2.26. The lowest BCUT2D eigenvalue weighted by molar-refractivity contribution is 0.0730. The highest BCUT2D eigenvalue weighted by Crippen LogP contribution is 2.31. The van der Waals surface area contributed by atoms with Crippen molar-refractivity contribution in [1.82, 2.24) is 15.5 Å². The normalized spacial score (nSPS) is 16.5. The Labute approximate surface area is 240 Å². The Morgan fingerprint density at radius 3 is 2.49 bits per heavy atom. The van der Waals surface area contributed by atoms with Crippen LogP contribution in [0.5, 0.6) is 5.75 Å². The van der Waals surface area contributed by atoms with Gasteiger partial charge in [0, 0.05) is 41.8 Å². The van der Waals surface area contributed by atoms with Crippen LogP contribution in [-0.4, -0.2) is 55.3 Å². The molecule has 2 aliphatic rings. The number of nitrogens with zero attached hydrogens (tertiary/aromatic N) is 1. The van der Waals surface area contributed by atoms with E-state index in [0.29, 0.717) is 49.9 Å². The van der Waals surface area contributed by atoms with E-state index in [1.807, 2.05) is 42.5 Å². The van der Waals surface area contributed by atoms with E-state index in [-0.39, 0.29) is 40.7 Å². The number of ketones is 1. The number of hydrogen-bond acceptors (Lipinski definition) is 5. The fraction of sp³-hybridized carbons (Fsp3) is 0.364. The standard InChI is InChI=1S/C33H36FN3O4/c1-3-26-27(10-11-28(31(26)34)29(38)4-2)33(40)37-15-16-41-30-12-9-24(17-25(30)20-37)22-5-7-23(8-6-22)32(39)36-19-21-13-14-35-18-21/h5-12,17,21,35H,3-4,13-16,18-20H2,1-2H3,(H,36,39). The maximum Gasteiger partial charge on any atom is 0.254 e. The molecule has 2 heterocycles. The van der Waals surface area contributed by atoms with Crippen molar-refractivity contribution in [3.63, 3.8) is 0 Å². The van der Waals surface area contributed by atoms with Crippen LogP contribution in [0.15, 0.2) is 54.6 Å². The number of halogens is 1. The number of benzene rings is 3. The summed E-state index contributed by atoms with van der Waals surface area (Å²) in [5.41, 5.74) is 3.90. The summed E-state index contributed by atoms with van der Waals surface area (Å²) >= 11 is 0. The van der Waals surface area contributed by atoms with Crippen molar-refractivity contribution in [2.75, 3.05) is 32.8 Å². The van der Waals surface area contributed by atoms with Gasteiger partial charge in [0.05, 0.1) is 12.1 Å². The van der Waals surface area contributed by atoms with Gasteiger partial charge in [-0.2, -0.15) is 0 Å². The summed E-state index contributed by atoms with van der Waals surface area (Å²) in [4.78, 5) is 40.1. The Morgan fingerprint density at radius 2 is 1.78 bits per heavy atom. The van der Waals surface area contributed by atoms with E-state index in [1.165, 1.54) is 6.07 Å². The molecule has 3 aromatic carbocycles. The van der Waals surface area contributed by atoms with E-state index in [0.717, 1.165) is 36.2 Å². The molecule has 0 aromatic heterocycles. The Balaban J connectivity index is 1.33. The van der Waals surface area contributed by atoms with Crippen molar-refractivity contribution in [3.05, 3.63) is 88.2 Å². The number of Topliss-reactive ketones (excluding diaryl/α,β-unsaturated/α-hetero) is 1. The van der Waals surface area contributed by atoms with Crippen LogP contribution in [-0.2, 0) is 13.0 Å². The van der Waals surface area contributed by atoms with E-state index >= 15 is 4.39 Å². The zero-order valence-corrected chi connectivity index (χ0v) is 23.6. The molecule has 1 saturated heterocycles. The number of ether oxygens (including phenoxy) is 1. The van der Waals surface area contributed by atoms with E-state index in [9.17, 15) is 14.4 Å². The summed E-state index contributed by atoms with van der Waals surface area (Å²) in [5.74, 6) is -0.0802. The van der Waals surface area contributed by atoms with Gasteiger partial charge in [-0.3, -0.25) is 14.4 Å². The summed E-state index contributed by atoms with van der Waals surface area (Å²) < 4.78 is 21.2. The molecule has 8 heteroatoms. The first-order valence-electron chi connectivity index (χ1n) is 14.4. The topological polar surface area (TPSA) is 87.7 Å². The Bertz CT molecular complexity index is 1450. The van der Waals surface area contributed by atoms with E-state index in [4.69, 9.17) is 4.74 Å². The summed E-state index contributed by atoms with van der Waals surface area (Å²) in [6, 6.07) is 16.3. The van der Waals surface area contributed by atoms with Gasteiger partial charge in [0.1, 0.15) is 18.2 Å². The van der Waals surface area contributed by atoms with Gasteiger partial charge in [-0.15, -0.1) is 0 Å². The molecule has 41 heavy (non-hydrogen) atoms. The van der Waals surface area contributed by atoms with Crippen molar-refractivity contribution in [2.24, 2.45) is 5.92 Å². The van der Waals surface area contributed by atoms with Crippen LogP contribution >= 0.6 is 0 Å². The third-order valence-electron chi connectivity index (χ3n) is 7.97. The summed E-state index contributed by atoms with van der Waals surface area (Å²) in [5, 5.41) is 6.34. The molecule has 0 bridgehead atoms. The first-order chi connectivity index (χ1) is 19.9. The van der Waals surface area contributed by atoms with Crippen LogP contribution in [0.25, 0.3) is 11.1 Å². The first kappa shape index (κ1) is 28.5. The van der Waals surface area contributed by atoms with Crippen molar-refractivity contribution >= 4 is 17.6 Å². The Hall–Kier alpha value is -4.04. The molecule has 0 radical (unpaired) electrons. The number of hydrogen-bond donors (Lipinski definition) is 2. The highest BCUT2D eigenvalue weighted by molar-refractivity contribution is 6.00. The molecular formula is C33H36FN3O4. The van der Waals surface area contributed by atoms with Gasteiger partial charge < -0.3 is 20.3 Å². The fourth-order valence-electron chi connectivity index (χ4n) is 5.53. The molecule has 2 amide bonds. The molecular weight excluding hydrogens is 521 g/mol. The molecule has 2 aliphatic heterocycles. The van der Waals surface area contributed by atoms with Crippen LogP contribution in [0.2, 0.25) is 0 Å². The summed E-state index contributed by atoms with van der Waals surface area (Å²) in [6.07, 6.45) is 1.58. The van der Waals surface area contributed by atoms with Gasteiger partial charge in [0.2, 0.25) is 0 Å². The number of carbonyl (C=O) groups excluding carboxylic acids is 3. The predicted molar refractivity (Wildman–Crippen MR) is 156 cm³/mol. The number of fused-ring (bicyclic) bond motifs is 1. The van der Waals surface area contributed by atoms with Crippen molar-refractivity contribution in [2.45, 2.75) is 39.7 Å². The second-order valence-electron chi connectivity index (χ2n) is 10.6. The zero-order valence-electron chi connectivity index (χ0n) is 23.6. The number of nitrogens with one attached hydrogen (secondary N) is 2. The predicted octanol–water partition coefficient (Wildman–Crippen LogP) is 5.02. The molecule has 3 aromatic rings. The smallest absolute Gasteiger partial charge is 0.254 e. The molecule has 2 N–H and O–H groups in total. The Kier molecular flexibility index (Phi) is 8.78. The quantitative estimate of drug-likeness (QED) is 0.380.